The van der Waals surface area contributed by atoms with Crippen molar-refractivity contribution in [2.75, 3.05) is 7.11 Å². The van der Waals surface area contributed by atoms with Gasteiger partial charge in [-0.1, -0.05) is 15.9 Å². The molecule has 0 amide bonds. The molecule has 2 aromatic rings. The minimum atomic E-state index is -0.137. The van der Waals surface area contributed by atoms with Crippen LogP contribution in [0.2, 0.25) is 0 Å². The summed E-state index contributed by atoms with van der Waals surface area (Å²) in [6, 6.07) is 6.17. The van der Waals surface area contributed by atoms with Crippen molar-refractivity contribution in [2.45, 2.75) is 25.2 Å². The number of H-pyrrole nitrogens is 1. The minimum Gasteiger partial charge on any atom is -0.469 e. The molecule has 1 aliphatic carbocycles. The molecule has 0 spiro atoms. The first-order valence-electron chi connectivity index (χ1n) is 6.08. The van der Waals surface area contributed by atoms with Gasteiger partial charge in [-0.3, -0.25) is 4.79 Å². The lowest BCUT2D eigenvalue weighted by molar-refractivity contribution is -0.142. The second-order valence-electron chi connectivity index (χ2n) is 4.68. The molecule has 1 aromatic heterocycles. The summed E-state index contributed by atoms with van der Waals surface area (Å²) in [4.78, 5) is 15.2. The first-order chi connectivity index (χ1) is 8.70. The molecule has 3 rings (SSSR count). The van der Waals surface area contributed by atoms with Gasteiger partial charge in [0.05, 0.1) is 13.0 Å². The normalized spacial score (nSPS) is 18.7. The van der Waals surface area contributed by atoms with E-state index in [2.05, 4.69) is 27.0 Å². The molecule has 1 N–H and O–H groups in total. The number of esters is 1. The Balaban J connectivity index is 2.18. The number of methoxy groups -OCH3 is 1. The second kappa shape index (κ2) is 4.43. The standard InChI is InChI=1S/C14H14BrNO2/c1-18-14(17)10-4-2-3-9-11-7-8(15)5-6-12(11)16-13(9)10/h5-7,10,16H,2-4H2,1H3. The van der Waals surface area contributed by atoms with Crippen molar-refractivity contribution in [3.8, 4) is 0 Å². The van der Waals surface area contributed by atoms with Crippen LogP contribution in [0.5, 0.6) is 0 Å². The van der Waals surface area contributed by atoms with E-state index in [1.54, 1.807) is 0 Å². The summed E-state index contributed by atoms with van der Waals surface area (Å²) in [5.74, 6) is -0.272. The summed E-state index contributed by atoms with van der Waals surface area (Å²) in [7, 11) is 1.45. The smallest absolute Gasteiger partial charge is 0.314 e. The average molecular weight is 308 g/mol. The van der Waals surface area contributed by atoms with Crippen LogP contribution in [0.25, 0.3) is 10.9 Å². The topological polar surface area (TPSA) is 42.1 Å². The molecule has 94 valence electrons. The number of carbonyl (C=O) groups excluding carboxylic acids is 1. The molecule has 4 heteroatoms. The van der Waals surface area contributed by atoms with E-state index in [0.717, 1.165) is 34.9 Å². The van der Waals surface area contributed by atoms with Gasteiger partial charge in [0.15, 0.2) is 0 Å². The van der Waals surface area contributed by atoms with E-state index < -0.39 is 0 Å². The molecule has 1 aromatic carbocycles. The number of rotatable bonds is 1. The Bertz CT molecular complexity index is 618. The van der Waals surface area contributed by atoms with Gasteiger partial charge in [-0.25, -0.2) is 0 Å². The Labute approximate surface area is 114 Å². The highest BCUT2D eigenvalue weighted by Crippen LogP contribution is 2.37. The quantitative estimate of drug-likeness (QED) is 0.819. The fourth-order valence-electron chi connectivity index (χ4n) is 2.81. The summed E-state index contributed by atoms with van der Waals surface area (Å²) in [6.07, 6.45) is 2.93. The Morgan fingerprint density at radius 1 is 1.50 bits per heavy atom. The number of ether oxygens (including phenoxy) is 1. The molecule has 1 unspecified atom stereocenters. The second-order valence-corrected chi connectivity index (χ2v) is 5.59. The molecular weight excluding hydrogens is 294 g/mol. The number of hydrogen-bond donors (Lipinski definition) is 1. The number of carbonyl (C=O) groups is 1. The van der Waals surface area contributed by atoms with Gasteiger partial charge in [0, 0.05) is 21.1 Å². The highest BCUT2D eigenvalue weighted by molar-refractivity contribution is 9.10. The fourth-order valence-corrected chi connectivity index (χ4v) is 3.17. The van der Waals surface area contributed by atoms with Crippen LogP contribution in [0, 0.1) is 0 Å². The molecule has 1 heterocycles. The van der Waals surface area contributed by atoms with E-state index in [9.17, 15) is 4.79 Å². The van der Waals surface area contributed by atoms with Crippen molar-refractivity contribution in [1.29, 1.82) is 0 Å². The van der Waals surface area contributed by atoms with Crippen LogP contribution in [-0.4, -0.2) is 18.1 Å². The van der Waals surface area contributed by atoms with Gasteiger partial charge >= 0.3 is 5.97 Å². The van der Waals surface area contributed by atoms with E-state index in [4.69, 9.17) is 4.74 Å². The molecule has 0 saturated carbocycles. The van der Waals surface area contributed by atoms with Crippen LogP contribution in [0.15, 0.2) is 22.7 Å². The van der Waals surface area contributed by atoms with Gasteiger partial charge in [-0.2, -0.15) is 0 Å². The van der Waals surface area contributed by atoms with Crippen molar-refractivity contribution in [1.82, 2.24) is 4.98 Å². The first-order valence-corrected chi connectivity index (χ1v) is 6.88. The number of aryl methyl sites for hydroxylation is 1. The number of aromatic amines is 1. The van der Waals surface area contributed by atoms with Crippen molar-refractivity contribution < 1.29 is 9.53 Å². The minimum absolute atomic E-state index is 0.134. The molecule has 0 saturated heterocycles. The number of benzene rings is 1. The molecule has 0 radical (unpaired) electrons. The largest absolute Gasteiger partial charge is 0.469 e. The summed E-state index contributed by atoms with van der Waals surface area (Å²) in [6.45, 7) is 0. The Kier molecular flexibility index (Phi) is 2.90. The number of fused-ring (bicyclic) bond motifs is 3. The Morgan fingerprint density at radius 2 is 2.33 bits per heavy atom. The zero-order valence-electron chi connectivity index (χ0n) is 10.1. The lowest BCUT2D eigenvalue weighted by atomic mass is 9.87. The van der Waals surface area contributed by atoms with Crippen LogP contribution < -0.4 is 0 Å². The zero-order chi connectivity index (χ0) is 12.7. The lowest BCUT2D eigenvalue weighted by Gasteiger charge is -2.20. The van der Waals surface area contributed by atoms with Crippen molar-refractivity contribution in [3.05, 3.63) is 33.9 Å². The highest BCUT2D eigenvalue weighted by atomic mass is 79.9. The van der Waals surface area contributed by atoms with Crippen LogP contribution in [0.1, 0.15) is 30.0 Å². The van der Waals surface area contributed by atoms with Gasteiger partial charge in [-0.05, 0) is 43.0 Å². The predicted octanol–water partition coefficient (Wildman–Crippen LogP) is 3.52. The number of halogens is 1. The molecular formula is C14H14BrNO2. The molecule has 0 aliphatic heterocycles. The summed E-state index contributed by atoms with van der Waals surface area (Å²) >= 11 is 3.50. The van der Waals surface area contributed by atoms with Gasteiger partial charge in [0.2, 0.25) is 0 Å². The molecule has 18 heavy (non-hydrogen) atoms. The SMILES string of the molecule is COC(=O)C1CCCc2c1[nH]c1ccc(Br)cc21. The number of aromatic nitrogens is 1. The van der Waals surface area contributed by atoms with E-state index in [1.807, 2.05) is 12.1 Å². The maximum absolute atomic E-state index is 11.8. The van der Waals surface area contributed by atoms with Crippen molar-refractivity contribution in [2.24, 2.45) is 0 Å². The van der Waals surface area contributed by atoms with E-state index in [-0.39, 0.29) is 11.9 Å². The lowest BCUT2D eigenvalue weighted by Crippen LogP contribution is -2.19. The Hall–Kier alpha value is -1.29. The van der Waals surface area contributed by atoms with Crippen LogP contribution in [0.3, 0.4) is 0 Å². The molecule has 3 nitrogen and oxygen atoms in total. The van der Waals surface area contributed by atoms with Crippen LogP contribution in [-0.2, 0) is 16.0 Å². The number of hydrogen-bond acceptors (Lipinski definition) is 2. The van der Waals surface area contributed by atoms with Gasteiger partial charge in [-0.15, -0.1) is 0 Å². The van der Waals surface area contributed by atoms with Gasteiger partial charge < -0.3 is 9.72 Å². The van der Waals surface area contributed by atoms with Crippen LogP contribution >= 0.6 is 15.9 Å². The zero-order valence-corrected chi connectivity index (χ0v) is 11.7. The third-order valence-electron chi connectivity index (χ3n) is 3.65. The summed E-state index contributed by atoms with van der Waals surface area (Å²) < 4.78 is 5.96. The van der Waals surface area contributed by atoms with E-state index >= 15 is 0 Å². The van der Waals surface area contributed by atoms with E-state index in [1.165, 1.54) is 18.1 Å². The summed E-state index contributed by atoms with van der Waals surface area (Å²) in [5, 5.41) is 1.22. The predicted molar refractivity (Wildman–Crippen MR) is 73.7 cm³/mol. The first kappa shape index (κ1) is 11.8. The third kappa shape index (κ3) is 1.75. The monoisotopic (exact) mass is 307 g/mol. The van der Waals surface area contributed by atoms with Gasteiger partial charge in [0.1, 0.15) is 0 Å². The van der Waals surface area contributed by atoms with Crippen molar-refractivity contribution >= 4 is 32.8 Å². The Morgan fingerprint density at radius 3 is 3.11 bits per heavy atom. The van der Waals surface area contributed by atoms with Gasteiger partial charge in [0.25, 0.3) is 0 Å². The van der Waals surface area contributed by atoms with Crippen molar-refractivity contribution in [3.63, 3.8) is 0 Å². The fraction of sp³-hybridized carbons (Fsp3) is 0.357. The molecule has 1 atom stereocenters. The highest BCUT2D eigenvalue weighted by Gasteiger charge is 2.30. The number of nitrogens with one attached hydrogen (secondary N) is 1. The van der Waals surface area contributed by atoms with E-state index in [0.29, 0.717) is 0 Å². The molecule has 0 bridgehead atoms. The molecule has 1 aliphatic rings. The van der Waals surface area contributed by atoms with Crippen LogP contribution in [0.4, 0.5) is 0 Å². The third-order valence-corrected chi connectivity index (χ3v) is 4.15. The maximum atomic E-state index is 11.8. The summed E-state index contributed by atoms with van der Waals surface area (Å²) in [5.41, 5.74) is 3.41. The molecule has 0 fully saturated rings. The average Bonchev–Trinajstić information content (AvgIpc) is 2.75. The maximum Gasteiger partial charge on any atom is 0.314 e.